The number of rotatable bonds is 8. The molecule has 0 spiro atoms. The third-order valence-corrected chi connectivity index (χ3v) is 5.57. The van der Waals surface area contributed by atoms with Crippen LogP contribution in [0.15, 0.2) is 54.6 Å². The molecule has 0 amide bonds. The molecule has 0 radical (unpaired) electrons. The lowest BCUT2D eigenvalue weighted by Gasteiger charge is -2.18. The van der Waals surface area contributed by atoms with E-state index in [1.165, 1.54) is 6.08 Å². The topological polar surface area (TPSA) is 108 Å². The number of fused-ring (bicyclic) bond motifs is 2. The first-order valence-electron chi connectivity index (χ1n) is 12.6. The Bertz CT molecular complexity index is 1470. The van der Waals surface area contributed by atoms with Gasteiger partial charge in [0.05, 0.1) is 6.61 Å². The van der Waals surface area contributed by atoms with Crippen molar-refractivity contribution in [2.45, 2.75) is 33.3 Å². The summed E-state index contributed by atoms with van der Waals surface area (Å²) in [5, 5.41) is 0. The molecular weight excluding hydrogens is 520 g/mol. The van der Waals surface area contributed by atoms with Crippen molar-refractivity contribution in [2.24, 2.45) is 0 Å². The maximum absolute atomic E-state index is 13.1. The van der Waals surface area contributed by atoms with Gasteiger partial charge in [-0.3, -0.25) is 0 Å². The van der Waals surface area contributed by atoms with E-state index in [1.807, 2.05) is 0 Å². The largest absolute Gasteiger partial charge is 0.462 e. The zero-order valence-corrected chi connectivity index (χ0v) is 22.5. The zero-order chi connectivity index (χ0) is 28.3. The second-order valence-electron chi connectivity index (χ2n) is 9.68. The Balaban J connectivity index is 1.50. The van der Waals surface area contributed by atoms with Crippen LogP contribution < -0.4 is 28.4 Å². The molecule has 0 bridgehead atoms. The summed E-state index contributed by atoms with van der Waals surface area (Å²) >= 11 is 0. The van der Waals surface area contributed by atoms with Crippen LogP contribution in [0.1, 0.15) is 43.6 Å². The van der Waals surface area contributed by atoms with E-state index < -0.39 is 17.5 Å². The van der Waals surface area contributed by atoms with Crippen LogP contribution in [0.25, 0.3) is 6.08 Å². The van der Waals surface area contributed by atoms with E-state index in [-0.39, 0.29) is 37.3 Å². The molecule has 0 fully saturated rings. The van der Waals surface area contributed by atoms with E-state index >= 15 is 0 Å². The highest BCUT2D eigenvalue weighted by Crippen LogP contribution is 2.43. The predicted octanol–water partition coefficient (Wildman–Crippen LogP) is 6.26. The van der Waals surface area contributed by atoms with E-state index in [9.17, 15) is 9.59 Å². The Kier molecular flexibility index (Phi) is 7.41. The third kappa shape index (κ3) is 6.06. The highest BCUT2D eigenvalue weighted by atomic mass is 16.7. The molecule has 2 heterocycles. The first-order chi connectivity index (χ1) is 19.2. The van der Waals surface area contributed by atoms with Gasteiger partial charge >= 0.3 is 11.9 Å². The number of hydrogen-bond acceptors (Lipinski definition) is 10. The van der Waals surface area contributed by atoms with Gasteiger partial charge < -0.3 is 37.9 Å². The van der Waals surface area contributed by atoms with Gasteiger partial charge in [0, 0.05) is 23.8 Å². The van der Waals surface area contributed by atoms with E-state index in [0.717, 1.165) is 0 Å². The lowest BCUT2D eigenvalue weighted by Crippen LogP contribution is -2.22. The van der Waals surface area contributed by atoms with Crippen molar-refractivity contribution in [2.75, 3.05) is 20.2 Å². The lowest BCUT2D eigenvalue weighted by atomic mass is 10.1. The number of carbonyl (C=O) groups is 2. The molecule has 0 N–H and O–H groups in total. The molecule has 3 aromatic rings. The Morgan fingerprint density at radius 1 is 0.825 bits per heavy atom. The molecule has 0 saturated heterocycles. The second-order valence-corrected chi connectivity index (χ2v) is 9.68. The van der Waals surface area contributed by atoms with Gasteiger partial charge in [-0.25, -0.2) is 9.59 Å². The smallest absolute Gasteiger partial charge is 0.345 e. The number of esters is 2. The van der Waals surface area contributed by atoms with Crippen molar-refractivity contribution in [1.82, 2.24) is 0 Å². The Hall–Kier alpha value is -4.86. The molecule has 10 nitrogen and oxygen atoms in total. The fraction of sp³-hybridized carbons (Fsp3) is 0.267. The zero-order valence-electron chi connectivity index (χ0n) is 22.5. The minimum absolute atomic E-state index is 0.0426. The summed E-state index contributed by atoms with van der Waals surface area (Å²) in [7, 11) is 0. The summed E-state index contributed by atoms with van der Waals surface area (Å²) in [5.74, 6) is 2.02. The Morgan fingerprint density at radius 3 is 2.17 bits per heavy atom. The van der Waals surface area contributed by atoms with E-state index in [4.69, 9.17) is 37.9 Å². The fourth-order valence-electron chi connectivity index (χ4n) is 3.92. The van der Waals surface area contributed by atoms with E-state index in [0.29, 0.717) is 40.1 Å². The van der Waals surface area contributed by atoms with E-state index in [2.05, 4.69) is 0 Å². The van der Waals surface area contributed by atoms with Crippen LogP contribution in [-0.4, -0.2) is 37.7 Å². The quantitative estimate of drug-likeness (QED) is 0.236. The minimum atomic E-state index is -0.650. The fourth-order valence-corrected chi connectivity index (χ4v) is 3.92. The lowest BCUT2D eigenvalue weighted by molar-refractivity contribution is -0.148. The van der Waals surface area contributed by atoms with Crippen molar-refractivity contribution >= 4 is 18.0 Å². The number of benzene rings is 3. The number of ether oxygens (including phenoxy) is 8. The average Bonchev–Trinajstić information content (AvgIpc) is 3.55. The second kappa shape index (κ2) is 11.1. The van der Waals surface area contributed by atoms with Gasteiger partial charge in [-0.2, -0.15) is 0 Å². The van der Waals surface area contributed by atoms with Gasteiger partial charge in [0.15, 0.2) is 23.0 Å². The average molecular weight is 549 g/mol. The van der Waals surface area contributed by atoms with Gasteiger partial charge in [-0.05, 0) is 64.1 Å². The molecule has 208 valence electrons. The summed E-state index contributed by atoms with van der Waals surface area (Å²) in [5.41, 5.74) is -0.0865. The SMILES string of the molecule is CCOC(=O)c1c(Oc2ccc3c(c2)OCO3)cccc1Oc1cc2c(cc1/C=C/C(=O)OC(C)(C)C)OCO2. The molecule has 5 rings (SSSR count). The van der Waals surface area contributed by atoms with Crippen molar-refractivity contribution in [1.29, 1.82) is 0 Å². The highest BCUT2D eigenvalue weighted by Gasteiger charge is 2.25. The van der Waals surface area contributed by atoms with Crippen molar-refractivity contribution in [3.05, 3.63) is 65.7 Å². The van der Waals surface area contributed by atoms with Crippen LogP contribution >= 0.6 is 0 Å². The van der Waals surface area contributed by atoms with Gasteiger partial charge in [0.2, 0.25) is 13.6 Å². The van der Waals surface area contributed by atoms with Crippen LogP contribution in [0.4, 0.5) is 0 Å². The van der Waals surface area contributed by atoms with Gasteiger partial charge in [-0.15, -0.1) is 0 Å². The standard InChI is InChI=1S/C30H28O10/c1-5-33-29(32)28-21(38-19-10-11-20-25(14-19)36-16-34-20)7-6-8-22(28)39-23-15-26-24(35-17-37-26)13-18(23)9-12-27(31)40-30(2,3)4/h6-15H,5,16-17H2,1-4H3/b12-9+. The Labute approximate surface area is 230 Å². The molecule has 0 atom stereocenters. The summed E-state index contributed by atoms with van der Waals surface area (Å²) in [4.78, 5) is 25.5. The third-order valence-electron chi connectivity index (χ3n) is 5.57. The maximum Gasteiger partial charge on any atom is 0.345 e. The van der Waals surface area contributed by atoms with Crippen molar-refractivity contribution < 1.29 is 47.5 Å². The molecule has 2 aliphatic rings. The van der Waals surface area contributed by atoms with E-state index in [1.54, 1.807) is 82.3 Å². The first-order valence-corrected chi connectivity index (χ1v) is 12.6. The monoisotopic (exact) mass is 548 g/mol. The normalized spacial score (nSPS) is 13.3. The van der Waals surface area contributed by atoms with Gasteiger partial charge in [-0.1, -0.05) is 6.07 Å². The van der Waals surface area contributed by atoms with Gasteiger partial charge in [0.25, 0.3) is 0 Å². The van der Waals surface area contributed by atoms with Crippen LogP contribution in [0, 0.1) is 0 Å². The molecule has 0 aliphatic carbocycles. The summed E-state index contributed by atoms with van der Waals surface area (Å²) in [6, 6.07) is 13.3. The summed E-state index contributed by atoms with van der Waals surface area (Å²) in [6.07, 6.45) is 2.84. The van der Waals surface area contributed by atoms with Crippen LogP contribution in [0.2, 0.25) is 0 Å². The molecule has 3 aromatic carbocycles. The molecule has 0 saturated carbocycles. The predicted molar refractivity (Wildman–Crippen MR) is 143 cm³/mol. The van der Waals surface area contributed by atoms with Crippen LogP contribution in [0.5, 0.6) is 46.0 Å². The number of hydrogen-bond donors (Lipinski definition) is 0. The van der Waals surface area contributed by atoms with Crippen LogP contribution in [0.3, 0.4) is 0 Å². The molecule has 0 aromatic heterocycles. The molecular formula is C30H28O10. The molecule has 40 heavy (non-hydrogen) atoms. The Morgan fingerprint density at radius 2 is 1.48 bits per heavy atom. The first kappa shape index (κ1) is 26.7. The molecule has 2 aliphatic heterocycles. The minimum Gasteiger partial charge on any atom is -0.462 e. The highest BCUT2D eigenvalue weighted by molar-refractivity contribution is 5.96. The van der Waals surface area contributed by atoms with Crippen molar-refractivity contribution in [3.8, 4) is 46.0 Å². The summed E-state index contributed by atoms with van der Waals surface area (Å²) in [6.45, 7) is 7.36. The van der Waals surface area contributed by atoms with Crippen molar-refractivity contribution in [3.63, 3.8) is 0 Å². The molecule has 0 unspecified atom stereocenters. The summed E-state index contributed by atoms with van der Waals surface area (Å²) < 4.78 is 44.8. The number of carbonyl (C=O) groups excluding carboxylic acids is 2. The van der Waals surface area contributed by atoms with Crippen LogP contribution in [-0.2, 0) is 14.3 Å². The van der Waals surface area contributed by atoms with Gasteiger partial charge in [0.1, 0.15) is 34.2 Å². The maximum atomic E-state index is 13.1. The molecule has 10 heteroatoms.